The van der Waals surface area contributed by atoms with Crippen molar-refractivity contribution < 1.29 is 51.4 Å². The van der Waals surface area contributed by atoms with E-state index in [0.29, 0.717) is 0 Å². The summed E-state index contributed by atoms with van der Waals surface area (Å²) < 4.78 is 0. The van der Waals surface area contributed by atoms with Crippen LogP contribution in [-0.2, 0) is 0 Å². The second kappa shape index (κ2) is 6.13. The molecule has 82 valence electrons. The van der Waals surface area contributed by atoms with Crippen molar-refractivity contribution in [3.8, 4) is 0 Å². The zero-order chi connectivity index (χ0) is 11.1. The smallest absolute Gasteiger partial charge is 1.00 e. The van der Waals surface area contributed by atoms with Crippen molar-refractivity contribution in [2.45, 2.75) is 58.9 Å². The molecule has 0 spiro atoms. The molecule has 0 radical (unpaired) electrons. The summed E-state index contributed by atoms with van der Waals surface area (Å²) in [5.41, 5.74) is 0. The van der Waals surface area contributed by atoms with Gasteiger partial charge in [-0.3, -0.25) is 0 Å². The van der Waals surface area contributed by atoms with Crippen LogP contribution in [0.2, 0.25) is 58.9 Å². The molecule has 0 saturated heterocycles. The van der Waals surface area contributed by atoms with Crippen LogP contribution < -0.4 is 51.4 Å². The molecule has 0 amide bonds. The Hall–Kier alpha value is 2.83. The zero-order valence-corrected chi connectivity index (χ0v) is 21.3. The standard InChI is InChI=1S/C9H29GeSi3.K/c1-11(2,3)10(12(4,5)6)13(7,8)9;/h10H2,1-9H3;/q-1;+1. The molecule has 0 aromatic heterocycles. The Labute approximate surface area is 140 Å². The van der Waals surface area contributed by atoms with Gasteiger partial charge in [0.25, 0.3) is 0 Å². The third kappa shape index (κ3) is 6.54. The molecule has 5 heteroatoms. The van der Waals surface area contributed by atoms with E-state index in [0.717, 1.165) is 0 Å². The van der Waals surface area contributed by atoms with Gasteiger partial charge in [0.05, 0.1) is 0 Å². The largest absolute Gasteiger partial charge is 1.00 e. The molecule has 0 nitrogen and oxygen atoms in total. The molecule has 0 aliphatic carbocycles. The van der Waals surface area contributed by atoms with Crippen LogP contribution in [0.5, 0.6) is 0 Å². The van der Waals surface area contributed by atoms with Crippen molar-refractivity contribution >= 4 is 32.2 Å². The van der Waals surface area contributed by atoms with Crippen molar-refractivity contribution in [2.75, 3.05) is 0 Å². The maximum Gasteiger partial charge on any atom is 1.00 e. The first kappa shape index (κ1) is 19.2. The van der Waals surface area contributed by atoms with E-state index in [4.69, 9.17) is 0 Å². The van der Waals surface area contributed by atoms with E-state index >= 15 is 0 Å². The third-order valence-electron chi connectivity index (χ3n) is 3.18. The van der Waals surface area contributed by atoms with Crippen molar-refractivity contribution in [2.24, 2.45) is 0 Å². The van der Waals surface area contributed by atoms with E-state index < -0.39 is 32.2 Å². The second-order valence-corrected chi connectivity index (χ2v) is 87.9. The Morgan fingerprint density at radius 2 is 0.643 bits per heavy atom. The van der Waals surface area contributed by atoms with Gasteiger partial charge in [-0.25, -0.2) is 0 Å². The summed E-state index contributed by atoms with van der Waals surface area (Å²) in [5.74, 6) is 0. The summed E-state index contributed by atoms with van der Waals surface area (Å²) in [6.45, 7) is 21.7. The molecule has 0 fully saturated rings. The number of hydrogen-bond donors (Lipinski definition) is 0. The minimum absolute atomic E-state index is 0. The molecule has 0 aliphatic heterocycles. The first-order chi connectivity index (χ1) is 5.37. The minimum Gasteiger partial charge on any atom is 1.00 e. The Morgan fingerprint density at radius 3 is 0.643 bits per heavy atom. The molecule has 0 saturated carbocycles. The van der Waals surface area contributed by atoms with E-state index in [1.807, 2.05) is 0 Å². The van der Waals surface area contributed by atoms with Gasteiger partial charge in [-0.05, 0) is 0 Å². The molecule has 0 aromatic carbocycles. The first-order valence-electron chi connectivity index (χ1n) is 5.56. The second-order valence-electron chi connectivity index (χ2n) is 8.21. The fraction of sp³-hybridized carbons (Fsp3) is 1.00. The van der Waals surface area contributed by atoms with Gasteiger partial charge in [0.2, 0.25) is 0 Å². The van der Waals surface area contributed by atoms with Gasteiger partial charge in [0, 0.05) is 0 Å². The predicted octanol–water partition coefficient (Wildman–Crippen LogP) is 0.200. The molecule has 14 heavy (non-hydrogen) atoms. The van der Waals surface area contributed by atoms with E-state index in [1.54, 1.807) is 0 Å². The maximum atomic E-state index is 2.66. The minimum atomic E-state index is -1.15. The maximum absolute atomic E-state index is 2.66. The molecule has 0 aromatic rings. The summed E-state index contributed by atoms with van der Waals surface area (Å²) in [6, 6.07) is 0. The summed E-state index contributed by atoms with van der Waals surface area (Å²) in [7, 11) is 0. The van der Waals surface area contributed by atoms with E-state index in [1.165, 1.54) is 0 Å². The van der Waals surface area contributed by atoms with Crippen molar-refractivity contribution in [1.82, 2.24) is 0 Å². The zero-order valence-electron chi connectivity index (χ0n) is 12.2. The van der Waals surface area contributed by atoms with Gasteiger partial charge >= 0.3 is 142 Å². The van der Waals surface area contributed by atoms with Gasteiger partial charge < -0.3 is 0 Å². The van der Waals surface area contributed by atoms with Gasteiger partial charge in [0.15, 0.2) is 0 Å². The van der Waals surface area contributed by atoms with Crippen LogP contribution in [0.4, 0.5) is 0 Å². The predicted molar refractivity (Wildman–Crippen MR) is 78.6 cm³/mol. The molecular formula is C9H29GeKSi3. The fourth-order valence-electron chi connectivity index (χ4n) is 4.77. The topological polar surface area (TPSA) is 0 Å². The molecule has 0 rings (SSSR count). The summed E-state index contributed by atoms with van der Waals surface area (Å²) in [5, 5.41) is 0. The third-order valence-corrected chi connectivity index (χ3v) is 149. The van der Waals surface area contributed by atoms with Crippen LogP contribution in [-0.4, -0.2) is 32.2 Å². The van der Waals surface area contributed by atoms with Crippen LogP contribution in [0, 0.1) is 0 Å². The average molecular weight is 333 g/mol. The molecule has 0 atom stereocenters. The van der Waals surface area contributed by atoms with Crippen LogP contribution >= 0.6 is 0 Å². The molecule has 0 N–H and O–H groups in total. The SMILES string of the molecule is C[Si](C)(C)[GeH2-]([Si](C)(C)C)[Si](C)(C)C.[K+]. The summed E-state index contributed by atoms with van der Waals surface area (Å²) >= 11 is -1.15. The average Bonchev–Trinajstić information content (AvgIpc) is 1.44. The molecule has 0 heterocycles. The summed E-state index contributed by atoms with van der Waals surface area (Å²) in [6.07, 6.45) is 0. The van der Waals surface area contributed by atoms with Crippen LogP contribution in [0.25, 0.3) is 0 Å². The van der Waals surface area contributed by atoms with E-state index in [-0.39, 0.29) is 51.4 Å². The normalized spacial score (nSPS) is 14.8. The van der Waals surface area contributed by atoms with Gasteiger partial charge in [0.1, 0.15) is 0 Å². The summed E-state index contributed by atoms with van der Waals surface area (Å²) in [4.78, 5) is 0. The monoisotopic (exact) mass is 334 g/mol. The Bertz CT molecular complexity index is 143. The Balaban J connectivity index is 0. The van der Waals surface area contributed by atoms with Crippen LogP contribution in [0.1, 0.15) is 0 Å². The number of hydrogen-bond acceptors (Lipinski definition) is 0. The van der Waals surface area contributed by atoms with Gasteiger partial charge in [-0.1, -0.05) is 0 Å². The first-order valence-corrected chi connectivity index (χ1v) is 30.0. The van der Waals surface area contributed by atoms with Crippen molar-refractivity contribution in [3.63, 3.8) is 0 Å². The quantitative estimate of drug-likeness (QED) is 0.648. The number of rotatable bonds is 3. The van der Waals surface area contributed by atoms with E-state index in [2.05, 4.69) is 58.9 Å². The van der Waals surface area contributed by atoms with E-state index in [9.17, 15) is 0 Å². The van der Waals surface area contributed by atoms with Crippen molar-refractivity contribution in [3.05, 3.63) is 0 Å². The van der Waals surface area contributed by atoms with Crippen molar-refractivity contribution in [1.29, 1.82) is 0 Å². The van der Waals surface area contributed by atoms with Crippen LogP contribution in [0.15, 0.2) is 0 Å². The van der Waals surface area contributed by atoms with Gasteiger partial charge in [-0.2, -0.15) is 0 Å². The fourth-order valence-corrected chi connectivity index (χ4v) is 223. The molecule has 0 bridgehead atoms. The molecule has 0 aliphatic rings. The molecule has 0 unspecified atom stereocenters. The Kier molecular flexibility index (Phi) is 8.40. The Morgan fingerprint density at radius 1 is 0.500 bits per heavy atom. The molecular weight excluding hydrogens is 304 g/mol. The van der Waals surface area contributed by atoms with Crippen LogP contribution in [0.3, 0.4) is 0 Å². The van der Waals surface area contributed by atoms with Gasteiger partial charge in [-0.15, -0.1) is 0 Å².